The van der Waals surface area contributed by atoms with Crippen LogP contribution in [0.15, 0.2) is 29.2 Å². The van der Waals surface area contributed by atoms with E-state index in [2.05, 4.69) is 43.0 Å². The van der Waals surface area contributed by atoms with Gasteiger partial charge < -0.3 is 4.90 Å². The zero-order valence-electron chi connectivity index (χ0n) is 18.8. The van der Waals surface area contributed by atoms with E-state index in [1.807, 2.05) is 11.8 Å². The summed E-state index contributed by atoms with van der Waals surface area (Å²) in [4.78, 5) is 4.07. The quantitative estimate of drug-likeness (QED) is 0.238. The third-order valence-electron chi connectivity index (χ3n) is 6.16. The first-order chi connectivity index (χ1) is 13.8. The van der Waals surface area contributed by atoms with Crippen molar-refractivity contribution in [1.82, 2.24) is 0 Å². The van der Waals surface area contributed by atoms with Crippen molar-refractivity contribution in [1.29, 1.82) is 0 Å². The molecular formula is C26H45NS. The van der Waals surface area contributed by atoms with Crippen LogP contribution in [0, 0.1) is 0 Å². The van der Waals surface area contributed by atoms with Gasteiger partial charge in [0.1, 0.15) is 0 Å². The maximum Gasteiger partial charge on any atom is 0.0769 e. The first-order valence-corrected chi connectivity index (χ1v) is 13.2. The molecule has 1 heterocycles. The zero-order valence-corrected chi connectivity index (χ0v) is 19.6. The molecule has 0 aromatic heterocycles. The second-order valence-electron chi connectivity index (χ2n) is 8.68. The predicted octanol–water partition coefficient (Wildman–Crippen LogP) is 9.21. The Hall–Kier alpha value is -0.630. The predicted molar refractivity (Wildman–Crippen MR) is 129 cm³/mol. The van der Waals surface area contributed by atoms with Gasteiger partial charge in [0.15, 0.2) is 0 Å². The first kappa shape index (κ1) is 23.6. The van der Waals surface area contributed by atoms with Gasteiger partial charge >= 0.3 is 0 Å². The van der Waals surface area contributed by atoms with E-state index in [0.29, 0.717) is 5.37 Å². The molecule has 0 bridgehead atoms. The number of thioether (sulfide) groups is 1. The van der Waals surface area contributed by atoms with Gasteiger partial charge in [0.2, 0.25) is 0 Å². The molecule has 0 N–H and O–H groups in total. The standard InChI is InChI=1S/C26H45NS/c1-3-4-5-6-7-8-9-10-11-12-13-14-15-16-17-20-23-27-24(2)28-26-22-19-18-21-25(26)27/h18-19,21-22,24H,3-17,20,23H2,1-2H3. The van der Waals surface area contributed by atoms with Crippen LogP contribution in [0.4, 0.5) is 5.69 Å². The fourth-order valence-corrected chi connectivity index (χ4v) is 5.55. The van der Waals surface area contributed by atoms with E-state index in [4.69, 9.17) is 0 Å². The summed E-state index contributed by atoms with van der Waals surface area (Å²) in [5.74, 6) is 0. The van der Waals surface area contributed by atoms with Crippen molar-refractivity contribution in [2.45, 2.75) is 127 Å². The van der Waals surface area contributed by atoms with Crippen LogP contribution in [-0.2, 0) is 0 Å². The van der Waals surface area contributed by atoms with Gasteiger partial charge in [0, 0.05) is 11.4 Å². The molecule has 160 valence electrons. The molecule has 1 aromatic carbocycles. The van der Waals surface area contributed by atoms with Gasteiger partial charge in [0.05, 0.1) is 11.1 Å². The van der Waals surface area contributed by atoms with Gasteiger partial charge in [-0.1, -0.05) is 127 Å². The minimum atomic E-state index is 0.605. The average molecular weight is 404 g/mol. The molecule has 0 fully saturated rings. The normalized spacial score (nSPS) is 15.9. The second kappa shape index (κ2) is 15.2. The monoisotopic (exact) mass is 403 g/mol. The Morgan fingerprint density at radius 3 is 1.68 bits per heavy atom. The maximum atomic E-state index is 2.60. The molecule has 28 heavy (non-hydrogen) atoms. The fourth-order valence-electron chi connectivity index (χ4n) is 4.37. The van der Waals surface area contributed by atoms with Crippen LogP contribution in [0.1, 0.15) is 117 Å². The van der Waals surface area contributed by atoms with E-state index >= 15 is 0 Å². The highest BCUT2D eigenvalue weighted by Gasteiger charge is 2.25. The van der Waals surface area contributed by atoms with Crippen molar-refractivity contribution in [2.75, 3.05) is 11.4 Å². The highest BCUT2D eigenvalue weighted by Crippen LogP contribution is 2.42. The number of para-hydroxylation sites is 1. The van der Waals surface area contributed by atoms with Crippen molar-refractivity contribution in [3.05, 3.63) is 24.3 Å². The zero-order chi connectivity index (χ0) is 19.9. The minimum absolute atomic E-state index is 0.605. The molecule has 1 aromatic rings. The third kappa shape index (κ3) is 9.25. The Bertz CT molecular complexity index is 501. The van der Waals surface area contributed by atoms with Gasteiger partial charge in [-0.05, 0) is 25.5 Å². The molecule has 0 aliphatic carbocycles. The van der Waals surface area contributed by atoms with E-state index < -0.39 is 0 Å². The lowest BCUT2D eigenvalue weighted by molar-refractivity contribution is 0.529. The van der Waals surface area contributed by atoms with Crippen molar-refractivity contribution >= 4 is 17.4 Å². The number of unbranched alkanes of at least 4 members (excludes halogenated alkanes) is 15. The van der Waals surface area contributed by atoms with Gasteiger partial charge in [-0.3, -0.25) is 0 Å². The summed E-state index contributed by atoms with van der Waals surface area (Å²) >= 11 is 2.01. The lowest BCUT2D eigenvalue weighted by Crippen LogP contribution is -2.27. The third-order valence-corrected chi connectivity index (χ3v) is 7.36. The first-order valence-electron chi connectivity index (χ1n) is 12.3. The number of benzene rings is 1. The average Bonchev–Trinajstić information content (AvgIpc) is 3.03. The van der Waals surface area contributed by atoms with Crippen LogP contribution in [0.25, 0.3) is 0 Å². The molecule has 1 aliphatic rings. The van der Waals surface area contributed by atoms with Gasteiger partial charge in [0.25, 0.3) is 0 Å². The van der Waals surface area contributed by atoms with Crippen LogP contribution in [0.2, 0.25) is 0 Å². The fraction of sp³-hybridized carbons (Fsp3) is 0.769. The highest BCUT2D eigenvalue weighted by atomic mass is 32.2. The maximum absolute atomic E-state index is 2.60. The molecule has 2 rings (SSSR count). The topological polar surface area (TPSA) is 3.24 Å². The number of hydrogen-bond acceptors (Lipinski definition) is 2. The highest BCUT2D eigenvalue weighted by molar-refractivity contribution is 8.00. The van der Waals surface area contributed by atoms with Crippen LogP contribution >= 0.6 is 11.8 Å². The lowest BCUT2D eigenvalue weighted by Gasteiger charge is -2.23. The summed E-state index contributed by atoms with van der Waals surface area (Å²) in [7, 11) is 0. The summed E-state index contributed by atoms with van der Waals surface area (Å²) in [5, 5.41) is 0.605. The van der Waals surface area contributed by atoms with E-state index in [1.54, 1.807) is 0 Å². The number of hydrogen-bond donors (Lipinski definition) is 0. The molecule has 1 nitrogen and oxygen atoms in total. The molecule has 0 amide bonds. The van der Waals surface area contributed by atoms with Gasteiger partial charge in [-0.25, -0.2) is 0 Å². The molecule has 0 spiro atoms. The molecule has 0 saturated heterocycles. The molecule has 0 saturated carbocycles. The van der Waals surface area contributed by atoms with Crippen LogP contribution in [0.5, 0.6) is 0 Å². The SMILES string of the molecule is CCCCCCCCCCCCCCCCCCN1c2ccccc2SC1C. The second-order valence-corrected chi connectivity index (χ2v) is 10.0. The minimum Gasteiger partial charge on any atom is -0.359 e. The summed E-state index contributed by atoms with van der Waals surface area (Å²) in [5.41, 5.74) is 1.46. The van der Waals surface area contributed by atoms with E-state index in [0.717, 1.165) is 0 Å². The van der Waals surface area contributed by atoms with Crippen molar-refractivity contribution < 1.29 is 0 Å². The summed E-state index contributed by atoms with van der Waals surface area (Å²) < 4.78 is 0. The Morgan fingerprint density at radius 1 is 0.679 bits per heavy atom. The Morgan fingerprint density at radius 2 is 1.14 bits per heavy atom. The van der Waals surface area contributed by atoms with Crippen LogP contribution in [0.3, 0.4) is 0 Å². The summed E-state index contributed by atoms with van der Waals surface area (Å²) in [6, 6.07) is 8.90. The van der Waals surface area contributed by atoms with E-state index in [-0.39, 0.29) is 0 Å². The smallest absolute Gasteiger partial charge is 0.0769 e. The van der Waals surface area contributed by atoms with Crippen LogP contribution in [-0.4, -0.2) is 11.9 Å². The van der Waals surface area contributed by atoms with Gasteiger partial charge in [-0.15, -0.1) is 0 Å². The summed E-state index contributed by atoms with van der Waals surface area (Å²) in [6.45, 7) is 5.87. The molecule has 0 radical (unpaired) electrons. The Kier molecular flexibility index (Phi) is 12.9. The molecular weight excluding hydrogens is 358 g/mol. The van der Waals surface area contributed by atoms with E-state index in [1.165, 1.54) is 120 Å². The number of anilines is 1. The largest absolute Gasteiger partial charge is 0.359 e. The van der Waals surface area contributed by atoms with Crippen LogP contribution < -0.4 is 4.90 Å². The van der Waals surface area contributed by atoms with Gasteiger partial charge in [-0.2, -0.15) is 0 Å². The lowest BCUT2D eigenvalue weighted by atomic mass is 10.0. The number of nitrogens with zero attached hydrogens (tertiary/aromatic N) is 1. The molecule has 2 heteroatoms. The Labute approximate surface area is 180 Å². The Balaban J connectivity index is 1.34. The number of rotatable bonds is 17. The molecule has 1 atom stereocenters. The van der Waals surface area contributed by atoms with Crippen molar-refractivity contribution in [3.8, 4) is 0 Å². The summed E-state index contributed by atoms with van der Waals surface area (Å²) in [6.07, 6.45) is 23.1. The van der Waals surface area contributed by atoms with Crippen molar-refractivity contribution in [3.63, 3.8) is 0 Å². The molecule has 1 aliphatic heterocycles. The molecule has 1 unspecified atom stereocenters. The van der Waals surface area contributed by atoms with Crippen molar-refractivity contribution in [2.24, 2.45) is 0 Å². The number of fused-ring (bicyclic) bond motifs is 1. The van der Waals surface area contributed by atoms with E-state index in [9.17, 15) is 0 Å².